The molecule has 0 amide bonds. The third-order valence-corrected chi connectivity index (χ3v) is 3.28. The predicted octanol–water partition coefficient (Wildman–Crippen LogP) is 3.81. The molecule has 1 aromatic heterocycles. The first-order chi connectivity index (χ1) is 8.81. The Morgan fingerprint density at radius 2 is 1.83 bits per heavy atom. The summed E-state index contributed by atoms with van der Waals surface area (Å²) in [5.74, 6) is 0. The van der Waals surface area contributed by atoms with Crippen LogP contribution in [0.3, 0.4) is 0 Å². The molecule has 3 rings (SSSR count). The van der Waals surface area contributed by atoms with Crippen molar-refractivity contribution in [1.82, 2.24) is 4.57 Å². The van der Waals surface area contributed by atoms with E-state index in [2.05, 4.69) is 28.8 Å². The second-order valence-electron chi connectivity index (χ2n) is 4.31. The van der Waals surface area contributed by atoms with E-state index in [1.807, 2.05) is 43.5 Å². The Kier molecular flexibility index (Phi) is 2.39. The van der Waals surface area contributed by atoms with E-state index in [1.54, 1.807) is 0 Å². The van der Waals surface area contributed by atoms with E-state index in [0.717, 1.165) is 22.3 Å². The summed E-state index contributed by atoms with van der Waals surface area (Å²) in [7, 11) is 0. The maximum absolute atomic E-state index is 9.09. The molecule has 2 aromatic carbocycles. The van der Waals surface area contributed by atoms with Crippen LogP contribution in [0, 0.1) is 18.3 Å². The summed E-state index contributed by atoms with van der Waals surface area (Å²) in [6.45, 7) is 1.99. The van der Waals surface area contributed by atoms with Crippen LogP contribution in [0.5, 0.6) is 0 Å². The van der Waals surface area contributed by atoms with Crippen molar-refractivity contribution in [3.63, 3.8) is 0 Å². The Morgan fingerprint density at radius 3 is 2.67 bits per heavy atom. The number of para-hydroxylation sites is 1. The molecular weight excluding hydrogens is 220 g/mol. The number of nitrogens with zero attached hydrogens (tertiary/aromatic N) is 2. The molecule has 1 heterocycles. The van der Waals surface area contributed by atoms with Gasteiger partial charge in [0.25, 0.3) is 0 Å². The Bertz CT molecular complexity index is 760. The molecule has 3 aromatic rings. The van der Waals surface area contributed by atoms with Crippen molar-refractivity contribution in [2.24, 2.45) is 0 Å². The fourth-order valence-electron chi connectivity index (χ4n) is 2.30. The molecule has 0 saturated carbocycles. The Labute approximate surface area is 106 Å². The van der Waals surface area contributed by atoms with Crippen LogP contribution in [0.2, 0.25) is 0 Å². The van der Waals surface area contributed by atoms with Gasteiger partial charge in [-0.05, 0) is 42.1 Å². The lowest BCUT2D eigenvalue weighted by Crippen LogP contribution is -1.97. The van der Waals surface area contributed by atoms with Gasteiger partial charge < -0.3 is 4.57 Å². The highest BCUT2D eigenvalue weighted by Gasteiger charge is 2.07. The van der Waals surface area contributed by atoms with Crippen LogP contribution in [-0.2, 0) is 0 Å². The van der Waals surface area contributed by atoms with Gasteiger partial charge in [-0.1, -0.05) is 24.3 Å². The fourth-order valence-corrected chi connectivity index (χ4v) is 2.30. The van der Waals surface area contributed by atoms with Crippen molar-refractivity contribution in [2.45, 2.75) is 6.92 Å². The molecule has 0 bridgehead atoms. The van der Waals surface area contributed by atoms with Gasteiger partial charge >= 0.3 is 0 Å². The zero-order chi connectivity index (χ0) is 12.5. The quantitative estimate of drug-likeness (QED) is 0.627. The molecule has 0 aliphatic rings. The molecule has 0 unspecified atom stereocenters. The van der Waals surface area contributed by atoms with Crippen molar-refractivity contribution < 1.29 is 0 Å². The minimum Gasteiger partial charge on any atom is -0.316 e. The molecule has 0 radical (unpaired) electrons. The summed E-state index contributed by atoms with van der Waals surface area (Å²) < 4.78 is 2.13. The zero-order valence-electron chi connectivity index (χ0n) is 10.1. The van der Waals surface area contributed by atoms with Crippen molar-refractivity contribution in [2.75, 3.05) is 0 Å². The van der Waals surface area contributed by atoms with Crippen LogP contribution in [-0.4, -0.2) is 4.57 Å². The van der Waals surface area contributed by atoms with Gasteiger partial charge in [0.15, 0.2) is 0 Å². The van der Waals surface area contributed by atoms with Gasteiger partial charge in [-0.25, -0.2) is 0 Å². The minimum absolute atomic E-state index is 0.727. The number of hydrogen-bond acceptors (Lipinski definition) is 1. The summed E-state index contributed by atoms with van der Waals surface area (Å²) in [5.41, 5.74) is 3.97. The fraction of sp³-hybridized carbons (Fsp3) is 0.0625. The number of fused-ring (bicyclic) bond motifs is 1. The zero-order valence-corrected chi connectivity index (χ0v) is 10.1. The highest BCUT2D eigenvalue weighted by Crippen LogP contribution is 2.23. The maximum Gasteiger partial charge on any atom is 0.0995 e. The first-order valence-corrected chi connectivity index (χ1v) is 5.87. The van der Waals surface area contributed by atoms with E-state index in [9.17, 15) is 0 Å². The SMILES string of the molecule is Cc1c(C#N)cccc1-n1ccc2ccccc21. The van der Waals surface area contributed by atoms with Crippen LogP contribution in [0.15, 0.2) is 54.7 Å². The van der Waals surface area contributed by atoms with Gasteiger partial charge in [0.2, 0.25) is 0 Å². The van der Waals surface area contributed by atoms with Gasteiger partial charge in [0.1, 0.15) is 0 Å². The summed E-state index contributed by atoms with van der Waals surface area (Å²) in [6, 6.07) is 18.4. The standard InChI is InChI=1S/C16H12N2/c1-12-14(11-17)6-4-8-15(12)18-10-9-13-5-2-3-7-16(13)18/h2-10H,1H3. The number of rotatable bonds is 1. The van der Waals surface area contributed by atoms with E-state index in [0.29, 0.717) is 0 Å². The lowest BCUT2D eigenvalue weighted by molar-refractivity contribution is 1.10. The molecule has 0 N–H and O–H groups in total. The summed E-state index contributed by atoms with van der Waals surface area (Å²) in [6.07, 6.45) is 2.05. The molecule has 2 heteroatoms. The van der Waals surface area contributed by atoms with E-state index < -0.39 is 0 Å². The average molecular weight is 232 g/mol. The van der Waals surface area contributed by atoms with Crippen LogP contribution in [0.1, 0.15) is 11.1 Å². The lowest BCUT2D eigenvalue weighted by atomic mass is 10.1. The summed E-state index contributed by atoms with van der Waals surface area (Å²) in [5, 5.41) is 10.3. The number of nitriles is 1. The van der Waals surface area contributed by atoms with E-state index in [1.165, 1.54) is 5.39 Å². The molecule has 0 fully saturated rings. The van der Waals surface area contributed by atoms with E-state index in [-0.39, 0.29) is 0 Å². The van der Waals surface area contributed by atoms with Gasteiger partial charge in [-0.15, -0.1) is 0 Å². The predicted molar refractivity (Wildman–Crippen MR) is 72.7 cm³/mol. The average Bonchev–Trinajstić information content (AvgIpc) is 2.83. The van der Waals surface area contributed by atoms with Crippen molar-refractivity contribution in [1.29, 1.82) is 5.26 Å². The van der Waals surface area contributed by atoms with Crippen molar-refractivity contribution in [3.05, 3.63) is 65.9 Å². The van der Waals surface area contributed by atoms with E-state index >= 15 is 0 Å². The van der Waals surface area contributed by atoms with Crippen LogP contribution >= 0.6 is 0 Å². The largest absolute Gasteiger partial charge is 0.316 e. The third-order valence-electron chi connectivity index (χ3n) is 3.28. The van der Waals surface area contributed by atoms with Crippen LogP contribution in [0.25, 0.3) is 16.6 Å². The highest BCUT2D eigenvalue weighted by molar-refractivity contribution is 5.82. The van der Waals surface area contributed by atoms with E-state index in [4.69, 9.17) is 5.26 Å². The monoisotopic (exact) mass is 232 g/mol. The normalized spacial score (nSPS) is 10.4. The third kappa shape index (κ3) is 1.49. The summed E-state index contributed by atoms with van der Waals surface area (Å²) in [4.78, 5) is 0. The van der Waals surface area contributed by atoms with Gasteiger partial charge in [-0.2, -0.15) is 5.26 Å². The van der Waals surface area contributed by atoms with Crippen molar-refractivity contribution in [3.8, 4) is 11.8 Å². The first kappa shape index (κ1) is 10.6. The molecule has 0 spiro atoms. The van der Waals surface area contributed by atoms with Gasteiger partial charge in [0.05, 0.1) is 17.1 Å². The molecule has 0 saturated heterocycles. The lowest BCUT2D eigenvalue weighted by Gasteiger charge is -2.10. The molecule has 18 heavy (non-hydrogen) atoms. The molecule has 0 aliphatic carbocycles. The van der Waals surface area contributed by atoms with Crippen LogP contribution < -0.4 is 0 Å². The summed E-state index contributed by atoms with van der Waals surface area (Å²) >= 11 is 0. The highest BCUT2D eigenvalue weighted by atomic mass is 15.0. The molecule has 2 nitrogen and oxygen atoms in total. The Morgan fingerprint density at radius 1 is 1.00 bits per heavy atom. The second-order valence-corrected chi connectivity index (χ2v) is 4.31. The van der Waals surface area contributed by atoms with Gasteiger partial charge in [-0.3, -0.25) is 0 Å². The first-order valence-electron chi connectivity index (χ1n) is 5.87. The Balaban J connectivity index is 2.31. The Hall–Kier alpha value is -2.53. The van der Waals surface area contributed by atoms with Crippen molar-refractivity contribution >= 4 is 10.9 Å². The molecule has 0 aliphatic heterocycles. The second kappa shape index (κ2) is 4.05. The number of hydrogen-bond donors (Lipinski definition) is 0. The number of benzene rings is 2. The topological polar surface area (TPSA) is 28.7 Å². The smallest absolute Gasteiger partial charge is 0.0995 e. The molecule has 0 atom stereocenters. The number of aromatic nitrogens is 1. The molecule has 86 valence electrons. The van der Waals surface area contributed by atoms with Gasteiger partial charge in [0, 0.05) is 11.9 Å². The van der Waals surface area contributed by atoms with Crippen LogP contribution in [0.4, 0.5) is 0 Å². The minimum atomic E-state index is 0.727. The maximum atomic E-state index is 9.09. The molecular formula is C16H12N2.